The van der Waals surface area contributed by atoms with Crippen LogP contribution < -0.4 is 0 Å². The second-order valence-electron chi connectivity index (χ2n) is 27.6. The maximum absolute atomic E-state index is 6.01. The van der Waals surface area contributed by atoms with Gasteiger partial charge >= 0.3 is 0 Å². The van der Waals surface area contributed by atoms with Crippen LogP contribution in [0.4, 0.5) is 0 Å². The van der Waals surface area contributed by atoms with E-state index in [0.29, 0.717) is 6.42 Å². The summed E-state index contributed by atoms with van der Waals surface area (Å²) in [6, 6.07) is 117. The van der Waals surface area contributed by atoms with Crippen molar-refractivity contribution in [2.45, 2.75) is 23.2 Å². The Labute approximate surface area is 578 Å². The molecule has 100 heavy (non-hydrogen) atoms. The summed E-state index contributed by atoms with van der Waals surface area (Å²) in [4.78, 5) is 22.2. The van der Waals surface area contributed by atoms with Gasteiger partial charge in [-0.25, -0.2) is 19.9 Å². The topological polar surface area (TPSA) is 51.6 Å². The summed E-state index contributed by atoms with van der Waals surface area (Å²) in [6.07, 6.45) is 7.78. The van der Waals surface area contributed by atoms with E-state index in [0.717, 1.165) is 99.4 Å². The minimum absolute atomic E-state index is 0.136. The highest BCUT2D eigenvalue weighted by molar-refractivity contribution is 6.12. The number of pyridine rings is 2. The number of allylic oxidation sites excluding steroid dienone is 4. The third kappa shape index (κ3) is 7.54. The van der Waals surface area contributed by atoms with Crippen molar-refractivity contribution in [3.05, 3.63) is 390 Å². The Morgan fingerprint density at radius 1 is 0.260 bits per heavy atom. The summed E-state index contributed by atoms with van der Waals surface area (Å²) in [5.74, 6) is 0.644. The number of para-hydroxylation sites is 4. The summed E-state index contributed by atoms with van der Waals surface area (Å²) < 4.78 is 0. The smallest absolute Gasteiger partial charge is 0.136 e. The molecule has 0 N–H and O–H groups in total. The van der Waals surface area contributed by atoms with Crippen LogP contribution in [0.5, 0.6) is 0 Å². The van der Waals surface area contributed by atoms with Crippen LogP contribution in [-0.4, -0.2) is 19.9 Å². The molecule has 4 heteroatoms. The first kappa shape index (κ1) is 55.4. The van der Waals surface area contributed by atoms with Crippen LogP contribution in [0, 0.1) is 0 Å². The number of benzene rings is 14. The van der Waals surface area contributed by atoms with Crippen molar-refractivity contribution in [3.63, 3.8) is 0 Å². The van der Waals surface area contributed by atoms with Gasteiger partial charge in [0.1, 0.15) is 5.82 Å². The van der Waals surface area contributed by atoms with E-state index < -0.39 is 10.8 Å². The minimum atomic E-state index is -0.555. The van der Waals surface area contributed by atoms with Gasteiger partial charge in [-0.3, -0.25) is 0 Å². The first-order chi connectivity index (χ1) is 49.6. The van der Waals surface area contributed by atoms with Crippen LogP contribution >= 0.6 is 0 Å². The summed E-state index contributed by atoms with van der Waals surface area (Å²) in [6.45, 7) is 0. The van der Waals surface area contributed by atoms with Gasteiger partial charge in [0.15, 0.2) is 0 Å². The van der Waals surface area contributed by atoms with Crippen molar-refractivity contribution in [1.29, 1.82) is 0 Å². The SMILES string of the molecule is C1=CC(c2nc(-c3ccc(-c4c5ccccc5nc5ccccc45)cc3)c3cc(-c4ccc5c(c4)C4(c6ccccc6-c6ccccc64)c4ccccc4-5)cc(-c4ccc5c(c4)C4(c6ccccc6-c6ccccc64)c4ccccc4-5)c3n2)CC=C1c1c2ccccc2nc2ccccc12. The van der Waals surface area contributed by atoms with Crippen LogP contribution in [0.15, 0.2) is 334 Å². The average Bonchev–Trinajstić information content (AvgIpc) is 1.52. The molecule has 0 saturated heterocycles. The normalized spacial score (nSPS) is 15.0. The van der Waals surface area contributed by atoms with Crippen LogP contribution in [0.1, 0.15) is 68.2 Å². The molecular weight excluding hydrogens is 1210 g/mol. The molecule has 0 radical (unpaired) electrons. The molecule has 3 aromatic heterocycles. The molecule has 5 aliphatic rings. The van der Waals surface area contributed by atoms with E-state index in [2.05, 4.69) is 334 Å². The molecule has 14 aromatic carbocycles. The van der Waals surface area contributed by atoms with Gasteiger partial charge in [-0.2, -0.15) is 0 Å². The van der Waals surface area contributed by atoms with Crippen LogP contribution in [-0.2, 0) is 10.8 Å². The van der Waals surface area contributed by atoms with Gasteiger partial charge in [0.2, 0.25) is 0 Å². The van der Waals surface area contributed by atoms with Crippen LogP contribution in [0.25, 0.3) is 149 Å². The van der Waals surface area contributed by atoms with Crippen molar-refractivity contribution in [2.24, 2.45) is 0 Å². The predicted molar refractivity (Wildman–Crippen MR) is 410 cm³/mol. The van der Waals surface area contributed by atoms with E-state index in [4.69, 9.17) is 19.9 Å². The third-order valence-electron chi connectivity index (χ3n) is 22.8. The number of aromatic nitrogens is 4. The van der Waals surface area contributed by atoms with E-state index in [1.807, 2.05) is 0 Å². The number of hydrogen-bond acceptors (Lipinski definition) is 4. The summed E-state index contributed by atoms with van der Waals surface area (Å²) in [7, 11) is 0. The molecule has 1 unspecified atom stereocenters. The minimum Gasteiger partial charge on any atom is -0.248 e. The largest absolute Gasteiger partial charge is 0.248 e. The van der Waals surface area contributed by atoms with Gasteiger partial charge in [-0.1, -0.05) is 285 Å². The van der Waals surface area contributed by atoms with Gasteiger partial charge in [0, 0.05) is 55.1 Å². The van der Waals surface area contributed by atoms with Gasteiger partial charge in [0.25, 0.3) is 0 Å². The molecule has 0 bridgehead atoms. The molecule has 1 atom stereocenters. The fourth-order valence-electron chi connectivity index (χ4n) is 18.7. The van der Waals surface area contributed by atoms with Gasteiger partial charge in [-0.15, -0.1) is 0 Å². The average molecular weight is 1270 g/mol. The highest BCUT2D eigenvalue weighted by Crippen LogP contribution is 2.65. The van der Waals surface area contributed by atoms with Crippen LogP contribution in [0.2, 0.25) is 0 Å². The molecular formula is C96H58N4. The lowest BCUT2D eigenvalue weighted by molar-refractivity contribution is 0.783. The van der Waals surface area contributed by atoms with E-state index in [-0.39, 0.29) is 5.92 Å². The molecule has 0 amide bonds. The lowest BCUT2D eigenvalue weighted by atomic mass is 9.70. The van der Waals surface area contributed by atoms with Gasteiger partial charge in [0.05, 0.1) is 44.1 Å². The zero-order valence-corrected chi connectivity index (χ0v) is 54.3. The molecule has 2 spiro atoms. The first-order valence-electron chi connectivity index (χ1n) is 34.9. The summed E-state index contributed by atoms with van der Waals surface area (Å²) in [5, 5.41) is 5.51. The van der Waals surface area contributed by atoms with Crippen molar-refractivity contribution >= 4 is 60.1 Å². The Morgan fingerprint density at radius 2 is 0.630 bits per heavy atom. The maximum Gasteiger partial charge on any atom is 0.136 e. The fourth-order valence-corrected chi connectivity index (χ4v) is 18.7. The lowest BCUT2D eigenvalue weighted by Gasteiger charge is -2.31. The van der Waals surface area contributed by atoms with E-state index in [1.165, 1.54) is 106 Å². The summed E-state index contributed by atoms with van der Waals surface area (Å²) in [5.41, 5.74) is 35.4. The molecule has 462 valence electrons. The Hall–Kier alpha value is -12.8. The van der Waals surface area contributed by atoms with Crippen molar-refractivity contribution in [2.75, 3.05) is 0 Å². The number of nitrogens with zero attached hydrogens (tertiary/aromatic N) is 4. The number of fused-ring (bicyclic) bond motifs is 25. The molecule has 0 saturated carbocycles. The quantitative estimate of drug-likeness (QED) is 0.156. The molecule has 5 aliphatic carbocycles. The maximum atomic E-state index is 6.01. The monoisotopic (exact) mass is 1270 g/mol. The molecule has 0 aliphatic heterocycles. The number of hydrogen-bond donors (Lipinski definition) is 0. The highest BCUT2D eigenvalue weighted by Gasteiger charge is 2.53. The van der Waals surface area contributed by atoms with Crippen molar-refractivity contribution in [1.82, 2.24) is 19.9 Å². The highest BCUT2D eigenvalue weighted by atomic mass is 14.9. The van der Waals surface area contributed by atoms with E-state index in [9.17, 15) is 0 Å². The Morgan fingerprint density at radius 3 is 1.07 bits per heavy atom. The molecule has 0 fully saturated rings. The van der Waals surface area contributed by atoms with Crippen molar-refractivity contribution < 1.29 is 0 Å². The lowest BCUT2D eigenvalue weighted by Crippen LogP contribution is -2.25. The Kier molecular flexibility index (Phi) is 11.6. The molecule has 22 rings (SSSR count). The second-order valence-corrected chi connectivity index (χ2v) is 27.6. The predicted octanol–water partition coefficient (Wildman–Crippen LogP) is 23.5. The van der Waals surface area contributed by atoms with Gasteiger partial charge < -0.3 is 0 Å². The molecule has 17 aromatic rings. The van der Waals surface area contributed by atoms with E-state index in [1.54, 1.807) is 0 Å². The third-order valence-corrected chi connectivity index (χ3v) is 22.8. The Bertz CT molecular complexity index is 6290. The van der Waals surface area contributed by atoms with Crippen molar-refractivity contribution in [3.8, 4) is 89.1 Å². The van der Waals surface area contributed by atoms with Gasteiger partial charge in [-0.05, 0) is 172 Å². The zero-order valence-electron chi connectivity index (χ0n) is 54.3. The van der Waals surface area contributed by atoms with Crippen LogP contribution in [0.3, 0.4) is 0 Å². The fraction of sp³-hybridized carbons (Fsp3) is 0.0417. The standard InChI is InChI=1S/C96H58N4/c1-11-31-78-64(21-1)65-22-2-12-32-79(65)95(78)82-35-15-5-25-68(82)70-51-49-61(55-84(70)95)63-53-76(62-50-52-71-69-26-6-16-36-83(69)96(85(71)56-62)80-33-13-3-23-66(80)67-24-4-14-34-81(67)96)93-77(54-63)92(59-45-41-57(42-46-59)90-72-27-7-17-37-86(72)97-87-38-18-8-28-73(87)90)99-94(100-93)60-47-43-58(44-48-60)91-74-29-9-19-39-88(74)98-89-40-20-10-30-75(89)91/h1-47,49-56,60H,48H2. The molecule has 4 nitrogen and oxygen atoms in total. The Balaban J connectivity index is 0.805. The zero-order chi connectivity index (χ0) is 65.4. The van der Waals surface area contributed by atoms with E-state index >= 15 is 0 Å². The second kappa shape index (κ2) is 20.9. The first-order valence-corrected chi connectivity index (χ1v) is 34.9. The molecule has 3 heterocycles. The number of rotatable bonds is 6. The summed E-state index contributed by atoms with van der Waals surface area (Å²) >= 11 is 0.